The number of rotatable bonds is 70. The minimum absolute atomic E-state index is 0.247. The van der Waals surface area contributed by atoms with Crippen molar-refractivity contribution >= 4 is 5.91 Å². The lowest BCUT2D eigenvalue weighted by atomic mass is 9.97. The second kappa shape index (κ2) is 67.8. The predicted molar refractivity (Wildman–Crippen MR) is 406 cm³/mol. The van der Waals surface area contributed by atoms with Gasteiger partial charge in [-0.2, -0.15) is 0 Å². The van der Waals surface area contributed by atoms with Crippen molar-refractivity contribution in [3.05, 3.63) is 60.8 Å². The second-order valence-electron chi connectivity index (χ2n) is 29.2. The molecule has 0 radical (unpaired) electrons. The van der Waals surface area contributed by atoms with Gasteiger partial charge in [-0.25, -0.2) is 0 Å². The van der Waals surface area contributed by atoms with Gasteiger partial charge in [-0.15, -0.1) is 0 Å². The van der Waals surface area contributed by atoms with Crippen molar-refractivity contribution in [1.82, 2.24) is 5.32 Å². The molecule has 0 bridgehead atoms. The minimum atomic E-state index is -1.79. The van der Waals surface area contributed by atoms with Gasteiger partial charge in [0.25, 0.3) is 0 Å². The van der Waals surface area contributed by atoms with E-state index in [9.17, 15) is 45.6 Å². The molecular formula is C84H155NO13. The average Bonchev–Trinajstić information content (AvgIpc) is 0.793. The maximum Gasteiger partial charge on any atom is 0.220 e. The first-order valence-electron chi connectivity index (χ1n) is 41.5. The number of aliphatic hydroxyl groups is 8. The molecule has 0 aliphatic carbocycles. The molecule has 12 unspecified atom stereocenters. The van der Waals surface area contributed by atoms with Crippen molar-refractivity contribution in [3.8, 4) is 0 Å². The summed E-state index contributed by atoms with van der Waals surface area (Å²) in [5.74, 6) is -0.247. The van der Waals surface area contributed by atoms with Crippen LogP contribution < -0.4 is 5.32 Å². The fourth-order valence-electron chi connectivity index (χ4n) is 13.6. The van der Waals surface area contributed by atoms with Crippen LogP contribution in [-0.2, 0) is 23.7 Å². The highest BCUT2D eigenvalue weighted by Gasteiger charge is 2.51. The van der Waals surface area contributed by atoms with Crippen LogP contribution in [0.4, 0.5) is 0 Å². The normalized spacial score (nSPS) is 22.3. The van der Waals surface area contributed by atoms with Gasteiger partial charge < -0.3 is 65.1 Å². The molecular weight excluding hydrogens is 1230 g/mol. The number of hydrogen-bond donors (Lipinski definition) is 9. The Labute approximate surface area is 600 Å². The van der Waals surface area contributed by atoms with E-state index in [1.807, 2.05) is 6.08 Å². The highest BCUT2D eigenvalue weighted by molar-refractivity contribution is 5.76. The Balaban J connectivity index is 1.60. The number of unbranched alkanes of at least 4 members (excludes halogenated alkanes) is 49. The van der Waals surface area contributed by atoms with Crippen molar-refractivity contribution < 1.29 is 64.6 Å². The van der Waals surface area contributed by atoms with Crippen LogP contribution in [0.2, 0.25) is 0 Å². The molecule has 1 amide bonds. The Morgan fingerprint density at radius 3 is 1.06 bits per heavy atom. The van der Waals surface area contributed by atoms with Gasteiger partial charge in [0.2, 0.25) is 5.91 Å². The summed E-state index contributed by atoms with van der Waals surface area (Å²) in [4.78, 5) is 13.4. The fourth-order valence-corrected chi connectivity index (χ4v) is 13.6. The van der Waals surface area contributed by atoms with Gasteiger partial charge >= 0.3 is 0 Å². The van der Waals surface area contributed by atoms with Gasteiger partial charge in [0.05, 0.1) is 32.0 Å². The van der Waals surface area contributed by atoms with Crippen LogP contribution in [0.5, 0.6) is 0 Å². The number of carbonyl (C=O) groups is 1. The molecule has 14 nitrogen and oxygen atoms in total. The first-order valence-corrected chi connectivity index (χ1v) is 41.5. The molecule has 2 rings (SSSR count). The first-order chi connectivity index (χ1) is 48.1. The molecule has 574 valence electrons. The predicted octanol–water partition coefficient (Wildman–Crippen LogP) is 19.1. The first kappa shape index (κ1) is 91.8. The molecule has 12 atom stereocenters. The van der Waals surface area contributed by atoms with E-state index in [2.05, 4.69) is 67.8 Å². The van der Waals surface area contributed by atoms with Gasteiger partial charge in [0.15, 0.2) is 12.6 Å². The average molecular weight is 1390 g/mol. The molecule has 0 saturated carbocycles. The van der Waals surface area contributed by atoms with Gasteiger partial charge in [0.1, 0.15) is 48.8 Å². The highest BCUT2D eigenvalue weighted by atomic mass is 16.7. The summed E-state index contributed by atoms with van der Waals surface area (Å²) in [6, 6.07) is -0.940. The Hall–Kier alpha value is -2.31. The van der Waals surface area contributed by atoms with Crippen LogP contribution in [0.25, 0.3) is 0 Å². The summed E-state index contributed by atoms with van der Waals surface area (Å²) in [6.45, 7) is 2.82. The summed E-state index contributed by atoms with van der Waals surface area (Å²) in [5, 5.41) is 87.7. The third-order valence-electron chi connectivity index (χ3n) is 20.2. The van der Waals surface area contributed by atoms with Crippen molar-refractivity contribution in [2.75, 3.05) is 19.8 Å². The lowest BCUT2D eigenvalue weighted by Gasteiger charge is -2.46. The number of carbonyl (C=O) groups excluding carboxylic acids is 1. The molecule has 2 heterocycles. The van der Waals surface area contributed by atoms with Crippen LogP contribution in [0.3, 0.4) is 0 Å². The molecule has 14 heteroatoms. The largest absolute Gasteiger partial charge is 0.394 e. The molecule has 2 aliphatic rings. The molecule has 0 aromatic heterocycles. The monoisotopic (exact) mass is 1390 g/mol. The zero-order chi connectivity index (χ0) is 70.8. The van der Waals surface area contributed by atoms with Crippen molar-refractivity contribution in [1.29, 1.82) is 0 Å². The number of nitrogens with one attached hydrogen (secondary N) is 1. The summed E-state index contributed by atoms with van der Waals surface area (Å²) >= 11 is 0. The molecule has 98 heavy (non-hydrogen) atoms. The lowest BCUT2D eigenvalue weighted by Crippen LogP contribution is -2.65. The number of allylic oxidation sites excluding steroid dienone is 9. The van der Waals surface area contributed by atoms with Crippen LogP contribution in [0.1, 0.15) is 373 Å². The molecule has 0 aromatic carbocycles. The number of aliphatic hydroxyl groups excluding tert-OH is 8. The zero-order valence-electron chi connectivity index (χ0n) is 63.0. The molecule has 9 N–H and O–H groups in total. The van der Waals surface area contributed by atoms with E-state index < -0.39 is 86.8 Å². The third kappa shape index (κ3) is 50.2. The Morgan fingerprint density at radius 1 is 0.367 bits per heavy atom. The molecule has 2 saturated heterocycles. The highest BCUT2D eigenvalue weighted by Crippen LogP contribution is 2.30. The SMILES string of the molecule is CCCCCCC/C=C\C/C=C\CCCCCCCCCCCCCCCCCCCCCCCCCCCC(=O)NC(COC1OC(CO)C(OC2OC(CO)C(O)C(O)C2O)C(O)C1O)C(O)/C=C/CC/C=C/CC/C=C/CCCCCCCCCCCCCCCCCCC. The lowest BCUT2D eigenvalue weighted by molar-refractivity contribution is -0.359. The van der Waals surface area contributed by atoms with Crippen molar-refractivity contribution in [2.45, 2.75) is 447 Å². The van der Waals surface area contributed by atoms with Crippen LogP contribution >= 0.6 is 0 Å². The fraction of sp³-hybridized carbons (Fsp3) is 0.869. The molecule has 2 aliphatic heterocycles. The number of hydrogen-bond acceptors (Lipinski definition) is 13. The van der Waals surface area contributed by atoms with Gasteiger partial charge in [0, 0.05) is 6.42 Å². The van der Waals surface area contributed by atoms with Crippen LogP contribution in [0, 0.1) is 0 Å². The van der Waals surface area contributed by atoms with Crippen LogP contribution in [0.15, 0.2) is 60.8 Å². The van der Waals surface area contributed by atoms with E-state index in [-0.39, 0.29) is 18.9 Å². The second-order valence-corrected chi connectivity index (χ2v) is 29.2. The summed E-state index contributed by atoms with van der Waals surface area (Å²) in [6.07, 6.45) is 76.1. The summed E-state index contributed by atoms with van der Waals surface area (Å²) in [5.41, 5.74) is 0. The maximum atomic E-state index is 13.4. The summed E-state index contributed by atoms with van der Waals surface area (Å²) in [7, 11) is 0. The topological polar surface area (TPSA) is 228 Å². The smallest absolute Gasteiger partial charge is 0.220 e. The standard InChI is InChI=1S/C84H155NO13/c1-3-5-7-9-11-13-15-17-19-21-23-25-27-29-31-32-33-34-35-36-37-38-39-40-42-44-46-48-50-52-54-56-58-60-62-64-66-68-76(89)85-72(71-95-83-81(94)79(92)82(75(70-87)97-83)98-84-80(93)78(91)77(90)74(69-86)96-84)73(88)67-65-63-61-59-57-55-53-51-49-47-45-43-41-30-28-26-24-22-20-18-16-14-12-10-8-6-4-2/h15,17,21,23,49,51,57,59,65,67,72-75,77-84,86-88,90-94H,3-14,16,18-20,22,24-48,50,52-56,58,60-64,66,68-71H2,1-2H3,(H,85,89)/b17-15-,23-21-,51-49+,59-57+,67-65+. The van der Waals surface area contributed by atoms with Crippen LogP contribution in [-0.4, -0.2) is 140 Å². The van der Waals surface area contributed by atoms with E-state index in [0.717, 1.165) is 51.4 Å². The quantitative estimate of drug-likeness (QED) is 0.0204. The zero-order valence-corrected chi connectivity index (χ0v) is 63.0. The minimum Gasteiger partial charge on any atom is -0.394 e. The Bertz CT molecular complexity index is 1880. The Morgan fingerprint density at radius 2 is 0.684 bits per heavy atom. The van der Waals surface area contributed by atoms with E-state index >= 15 is 0 Å². The van der Waals surface area contributed by atoms with Crippen molar-refractivity contribution in [2.24, 2.45) is 0 Å². The Kier molecular flexibility index (Phi) is 63.5. The van der Waals surface area contributed by atoms with E-state index in [1.54, 1.807) is 6.08 Å². The van der Waals surface area contributed by atoms with Crippen molar-refractivity contribution in [3.63, 3.8) is 0 Å². The summed E-state index contributed by atoms with van der Waals surface area (Å²) < 4.78 is 22.9. The molecule has 0 spiro atoms. The maximum absolute atomic E-state index is 13.4. The van der Waals surface area contributed by atoms with E-state index in [1.165, 1.54) is 289 Å². The van der Waals surface area contributed by atoms with Gasteiger partial charge in [-0.1, -0.05) is 351 Å². The molecule has 0 aromatic rings. The van der Waals surface area contributed by atoms with E-state index in [0.29, 0.717) is 12.8 Å². The van der Waals surface area contributed by atoms with Gasteiger partial charge in [-0.05, 0) is 77.0 Å². The van der Waals surface area contributed by atoms with E-state index in [4.69, 9.17) is 18.9 Å². The number of amides is 1. The third-order valence-corrected chi connectivity index (χ3v) is 20.2. The number of ether oxygens (including phenoxy) is 4. The molecule has 2 fully saturated rings. The van der Waals surface area contributed by atoms with Gasteiger partial charge in [-0.3, -0.25) is 4.79 Å².